The molecule has 2 saturated carbocycles. The van der Waals surface area contributed by atoms with Gasteiger partial charge in [0.25, 0.3) is 0 Å². The molecular weight excluding hydrogens is 388 g/mol. The molecule has 0 aromatic heterocycles. The van der Waals surface area contributed by atoms with Gasteiger partial charge in [-0.15, -0.1) is 0 Å². The molecule has 164 valence electrons. The van der Waals surface area contributed by atoms with Crippen LogP contribution in [0.1, 0.15) is 82.3 Å². The lowest BCUT2D eigenvalue weighted by Crippen LogP contribution is -2.25. The van der Waals surface area contributed by atoms with Crippen molar-refractivity contribution in [3.8, 4) is 11.8 Å². The van der Waals surface area contributed by atoms with Gasteiger partial charge in [0.2, 0.25) is 0 Å². The Hall–Kier alpha value is -1.76. The van der Waals surface area contributed by atoms with Gasteiger partial charge in [0.05, 0.1) is 5.56 Å². The lowest BCUT2D eigenvalue weighted by Gasteiger charge is -2.37. The summed E-state index contributed by atoms with van der Waals surface area (Å²) in [6.45, 7) is 2.28. The predicted octanol–water partition coefficient (Wildman–Crippen LogP) is 8.17. The highest BCUT2D eigenvalue weighted by Gasteiger charge is 2.34. The van der Waals surface area contributed by atoms with Crippen molar-refractivity contribution in [2.75, 3.05) is 0 Å². The normalized spacial score (nSPS) is 27.6. The molecule has 0 saturated heterocycles. The van der Waals surface area contributed by atoms with Crippen molar-refractivity contribution in [2.24, 2.45) is 23.7 Å². The highest BCUT2D eigenvalue weighted by atomic mass is 19.4. The van der Waals surface area contributed by atoms with E-state index in [9.17, 15) is 17.6 Å². The second-order valence-corrected chi connectivity index (χ2v) is 9.07. The van der Waals surface area contributed by atoms with E-state index < -0.39 is 17.6 Å². The van der Waals surface area contributed by atoms with E-state index >= 15 is 0 Å². The molecule has 0 aliphatic heterocycles. The molecule has 0 spiro atoms. The number of benzene rings is 1. The third-order valence-corrected chi connectivity index (χ3v) is 7.01. The van der Waals surface area contributed by atoms with Crippen molar-refractivity contribution in [3.63, 3.8) is 0 Å². The SMILES string of the molecule is CCC[C@H]1CC[C@H](C2CCC(/C=C/C#Cc3ccc(C(F)(F)F)c(F)c3)CC2)CC1. The molecule has 0 bridgehead atoms. The van der Waals surface area contributed by atoms with Crippen LogP contribution in [0, 0.1) is 41.3 Å². The van der Waals surface area contributed by atoms with E-state index in [-0.39, 0.29) is 5.56 Å². The molecule has 2 aliphatic rings. The second kappa shape index (κ2) is 10.5. The van der Waals surface area contributed by atoms with Crippen molar-refractivity contribution in [1.29, 1.82) is 0 Å². The highest BCUT2D eigenvalue weighted by Crippen LogP contribution is 2.42. The Labute approximate surface area is 178 Å². The largest absolute Gasteiger partial charge is 0.419 e. The van der Waals surface area contributed by atoms with Crippen LogP contribution < -0.4 is 0 Å². The summed E-state index contributed by atoms with van der Waals surface area (Å²) in [7, 11) is 0. The zero-order valence-corrected chi connectivity index (χ0v) is 17.8. The molecule has 2 aliphatic carbocycles. The summed E-state index contributed by atoms with van der Waals surface area (Å²) < 4.78 is 51.4. The van der Waals surface area contributed by atoms with E-state index in [0.717, 1.165) is 29.9 Å². The molecule has 0 N–H and O–H groups in total. The maximum Gasteiger partial charge on any atom is 0.419 e. The van der Waals surface area contributed by atoms with Gasteiger partial charge in [0.1, 0.15) is 5.82 Å². The third-order valence-electron chi connectivity index (χ3n) is 7.01. The number of rotatable bonds is 4. The smallest absolute Gasteiger partial charge is 0.206 e. The number of allylic oxidation sites excluding steroid dienone is 2. The molecule has 0 atom stereocenters. The van der Waals surface area contributed by atoms with Crippen LogP contribution in [0.4, 0.5) is 17.6 Å². The number of hydrogen-bond donors (Lipinski definition) is 0. The van der Waals surface area contributed by atoms with E-state index in [2.05, 4.69) is 24.8 Å². The molecular formula is C26H32F4. The van der Waals surface area contributed by atoms with Gasteiger partial charge in [0, 0.05) is 5.56 Å². The Bertz CT molecular complexity index is 764. The maximum absolute atomic E-state index is 13.6. The number of halogens is 4. The molecule has 0 radical (unpaired) electrons. The molecule has 1 aromatic carbocycles. The van der Waals surface area contributed by atoms with Crippen molar-refractivity contribution >= 4 is 0 Å². The first kappa shape index (κ1) is 22.9. The molecule has 0 nitrogen and oxygen atoms in total. The lowest BCUT2D eigenvalue weighted by atomic mass is 9.69. The summed E-state index contributed by atoms with van der Waals surface area (Å²) in [6.07, 6.45) is 12.5. The number of hydrogen-bond acceptors (Lipinski definition) is 0. The average molecular weight is 421 g/mol. The summed E-state index contributed by atoms with van der Waals surface area (Å²) in [5.41, 5.74) is -0.994. The Morgan fingerprint density at radius 3 is 2.17 bits per heavy atom. The fourth-order valence-corrected chi connectivity index (χ4v) is 5.30. The van der Waals surface area contributed by atoms with Crippen LogP contribution in [0.2, 0.25) is 0 Å². The minimum absolute atomic E-state index is 0.257. The first-order valence-electron chi connectivity index (χ1n) is 11.4. The monoisotopic (exact) mass is 420 g/mol. The predicted molar refractivity (Wildman–Crippen MR) is 113 cm³/mol. The highest BCUT2D eigenvalue weighted by molar-refractivity contribution is 5.39. The minimum Gasteiger partial charge on any atom is -0.206 e. The second-order valence-electron chi connectivity index (χ2n) is 9.07. The summed E-state index contributed by atoms with van der Waals surface area (Å²) in [5, 5.41) is 0. The van der Waals surface area contributed by atoms with Crippen molar-refractivity contribution < 1.29 is 17.6 Å². The van der Waals surface area contributed by atoms with Gasteiger partial charge in [-0.25, -0.2) is 4.39 Å². The molecule has 4 heteroatoms. The fourth-order valence-electron chi connectivity index (χ4n) is 5.30. The van der Waals surface area contributed by atoms with E-state index in [1.807, 2.05) is 0 Å². The van der Waals surface area contributed by atoms with Crippen LogP contribution >= 0.6 is 0 Å². The van der Waals surface area contributed by atoms with Crippen LogP contribution in [0.15, 0.2) is 30.4 Å². The molecule has 0 unspecified atom stereocenters. The third kappa shape index (κ3) is 6.37. The van der Waals surface area contributed by atoms with E-state index in [1.165, 1.54) is 70.3 Å². The van der Waals surface area contributed by atoms with Gasteiger partial charge in [-0.05, 0) is 86.5 Å². The van der Waals surface area contributed by atoms with E-state index in [4.69, 9.17) is 0 Å². The Morgan fingerprint density at radius 1 is 0.967 bits per heavy atom. The molecule has 0 heterocycles. The van der Waals surface area contributed by atoms with Gasteiger partial charge in [0.15, 0.2) is 0 Å². The zero-order valence-electron chi connectivity index (χ0n) is 17.8. The standard InChI is InChI=1S/C26H32F4/c1-2-5-19-8-13-22(14-9-19)23-15-10-20(11-16-23)6-3-4-7-21-12-17-24(25(27)18-21)26(28,29)30/h3,6,12,17-20,22-23H,2,5,8-11,13-16H2,1H3/b6-3+/t19-,20?,22-,23?. The summed E-state index contributed by atoms with van der Waals surface area (Å²) in [6, 6.07) is 2.82. The van der Waals surface area contributed by atoms with Crippen molar-refractivity contribution in [3.05, 3.63) is 47.3 Å². The fraction of sp³-hybridized carbons (Fsp3) is 0.615. The summed E-state index contributed by atoms with van der Waals surface area (Å²) in [4.78, 5) is 0. The lowest BCUT2D eigenvalue weighted by molar-refractivity contribution is -0.140. The Kier molecular flexibility index (Phi) is 8.03. The van der Waals surface area contributed by atoms with Crippen LogP contribution in [0.25, 0.3) is 0 Å². The molecule has 0 amide bonds. The van der Waals surface area contributed by atoms with Crippen molar-refractivity contribution in [1.82, 2.24) is 0 Å². The van der Waals surface area contributed by atoms with Crippen LogP contribution in [-0.4, -0.2) is 0 Å². The van der Waals surface area contributed by atoms with Gasteiger partial charge in [-0.3, -0.25) is 0 Å². The molecule has 3 rings (SSSR count). The minimum atomic E-state index is -4.68. The first-order chi connectivity index (χ1) is 14.4. The topological polar surface area (TPSA) is 0 Å². The van der Waals surface area contributed by atoms with Gasteiger partial charge >= 0.3 is 6.18 Å². The van der Waals surface area contributed by atoms with Crippen LogP contribution in [0.5, 0.6) is 0 Å². The summed E-state index contributed by atoms with van der Waals surface area (Å²) in [5.74, 6) is 7.58. The Balaban J connectivity index is 1.44. The van der Waals surface area contributed by atoms with Gasteiger partial charge in [-0.1, -0.05) is 50.5 Å². The van der Waals surface area contributed by atoms with Crippen LogP contribution in [-0.2, 0) is 6.18 Å². The van der Waals surface area contributed by atoms with Crippen LogP contribution in [0.3, 0.4) is 0 Å². The number of alkyl halides is 3. The first-order valence-corrected chi connectivity index (χ1v) is 11.4. The zero-order chi connectivity index (χ0) is 21.6. The van der Waals surface area contributed by atoms with Gasteiger partial charge in [-0.2, -0.15) is 13.2 Å². The molecule has 30 heavy (non-hydrogen) atoms. The summed E-state index contributed by atoms with van der Waals surface area (Å²) >= 11 is 0. The average Bonchev–Trinajstić information content (AvgIpc) is 2.72. The van der Waals surface area contributed by atoms with E-state index in [0.29, 0.717) is 5.92 Å². The quantitative estimate of drug-likeness (QED) is 0.340. The Morgan fingerprint density at radius 2 is 1.60 bits per heavy atom. The van der Waals surface area contributed by atoms with Crippen molar-refractivity contribution in [2.45, 2.75) is 77.3 Å². The van der Waals surface area contributed by atoms with E-state index in [1.54, 1.807) is 6.08 Å². The molecule has 1 aromatic rings. The molecule has 2 fully saturated rings. The van der Waals surface area contributed by atoms with Gasteiger partial charge < -0.3 is 0 Å². The maximum atomic E-state index is 13.6.